The lowest BCUT2D eigenvalue weighted by Gasteiger charge is -2.19. The second-order valence-electron chi connectivity index (χ2n) is 6.50. The highest BCUT2D eigenvalue weighted by molar-refractivity contribution is 8.05. The van der Waals surface area contributed by atoms with Crippen LogP contribution in [0.1, 0.15) is 18.9 Å². The molecule has 3 rings (SSSR count). The average Bonchev–Trinajstić information content (AvgIpc) is 3.06. The summed E-state index contributed by atoms with van der Waals surface area (Å²) in [6.45, 7) is 3.86. The van der Waals surface area contributed by atoms with E-state index in [-0.39, 0.29) is 16.7 Å². The van der Waals surface area contributed by atoms with Crippen LogP contribution in [0.2, 0.25) is 0 Å². The van der Waals surface area contributed by atoms with E-state index in [0.29, 0.717) is 28.6 Å². The number of aryl methyl sites for hydroxylation is 1. The van der Waals surface area contributed by atoms with Crippen molar-refractivity contribution in [2.75, 3.05) is 17.3 Å². The van der Waals surface area contributed by atoms with Crippen LogP contribution in [0, 0.1) is 18.3 Å². The van der Waals surface area contributed by atoms with E-state index in [1.54, 1.807) is 43.5 Å². The van der Waals surface area contributed by atoms with Crippen LogP contribution in [0.25, 0.3) is 0 Å². The van der Waals surface area contributed by atoms with Crippen LogP contribution < -0.4 is 15.0 Å². The predicted molar refractivity (Wildman–Crippen MR) is 115 cm³/mol. The fourth-order valence-corrected chi connectivity index (χ4v) is 4.11. The number of hydrogen-bond donors (Lipinski definition) is 1. The van der Waals surface area contributed by atoms with Gasteiger partial charge >= 0.3 is 0 Å². The van der Waals surface area contributed by atoms with E-state index in [1.807, 2.05) is 32.0 Å². The van der Waals surface area contributed by atoms with Gasteiger partial charge in [0.2, 0.25) is 5.91 Å². The second-order valence-corrected chi connectivity index (χ2v) is 7.69. The summed E-state index contributed by atoms with van der Waals surface area (Å²) in [6, 6.07) is 16.2. The van der Waals surface area contributed by atoms with Crippen molar-refractivity contribution < 1.29 is 14.3 Å². The largest absolute Gasteiger partial charge is 0.497 e. The third-order valence-electron chi connectivity index (χ3n) is 4.52. The molecule has 7 heteroatoms. The van der Waals surface area contributed by atoms with Gasteiger partial charge in [-0.3, -0.25) is 14.5 Å². The summed E-state index contributed by atoms with van der Waals surface area (Å²) < 4.78 is 5.17. The van der Waals surface area contributed by atoms with E-state index in [9.17, 15) is 14.9 Å². The lowest BCUT2D eigenvalue weighted by molar-refractivity contribution is -0.117. The number of carbonyl (C=O) groups is 2. The van der Waals surface area contributed by atoms with Crippen LogP contribution >= 0.6 is 11.8 Å². The highest BCUT2D eigenvalue weighted by Crippen LogP contribution is 2.42. The monoisotopic (exact) mass is 407 g/mol. The topological polar surface area (TPSA) is 82.4 Å². The van der Waals surface area contributed by atoms with Crippen molar-refractivity contribution in [1.29, 1.82) is 5.26 Å². The van der Waals surface area contributed by atoms with E-state index in [1.165, 1.54) is 16.7 Å². The Morgan fingerprint density at radius 2 is 1.86 bits per heavy atom. The summed E-state index contributed by atoms with van der Waals surface area (Å²) in [7, 11) is 1.56. The van der Waals surface area contributed by atoms with Crippen molar-refractivity contribution in [3.63, 3.8) is 0 Å². The maximum atomic E-state index is 12.9. The molecule has 2 aromatic rings. The average molecular weight is 407 g/mol. The smallest absolute Gasteiger partial charge is 0.269 e. The minimum Gasteiger partial charge on any atom is -0.497 e. The Morgan fingerprint density at radius 1 is 1.21 bits per heavy atom. The van der Waals surface area contributed by atoms with E-state index in [2.05, 4.69) is 5.32 Å². The minimum absolute atomic E-state index is 0.0873. The van der Waals surface area contributed by atoms with Crippen LogP contribution in [0.15, 0.2) is 59.1 Å². The molecule has 0 aliphatic carbocycles. The van der Waals surface area contributed by atoms with E-state index in [4.69, 9.17) is 4.74 Å². The SMILES string of the molecule is CCC1S/C(=C(/C#N)C(=O)Nc2ccc(C)cc2)N(c2ccc(OC)cc2)C1=O. The number of rotatable bonds is 5. The van der Waals surface area contributed by atoms with E-state index < -0.39 is 5.91 Å². The summed E-state index contributed by atoms with van der Waals surface area (Å²) in [5.74, 6) is -0.0290. The maximum absolute atomic E-state index is 12.9. The molecule has 6 nitrogen and oxygen atoms in total. The molecule has 1 saturated heterocycles. The molecule has 1 N–H and O–H groups in total. The quantitative estimate of drug-likeness (QED) is 0.592. The second kappa shape index (κ2) is 8.84. The first-order valence-corrected chi connectivity index (χ1v) is 10.0. The molecule has 1 fully saturated rings. The zero-order chi connectivity index (χ0) is 21.0. The van der Waals surface area contributed by atoms with E-state index in [0.717, 1.165) is 5.56 Å². The van der Waals surface area contributed by atoms with Gasteiger partial charge in [-0.1, -0.05) is 36.4 Å². The number of nitrogens with one attached hydrogen (secondary N) is 1. The van der Waals surface area contributed by atoms with Crippen LogP contribution in [0.3, 0.4) is 0 Å². The first-order valence-electron chi connectivity index (χ1n) is 9.15. The van der Waals surface area contributed by atoms with Gasteiger partial charge in [-0.2, -0.15) is 5.26 Å². The van der Waals surface area contributed by atoms with E-state index >= 15 is 0 Å². The molecule has 29 heavy (non-hydrogen) atoms. The standard InChI is InChI=1S/C22H21N3O3S/c1-4-19-21(27)25(16-9-11-17(28-3)12-10-16)22(29-19)18(13-23)20(26)24-15-7-5-14(2)6-8-15/h5-12,19H,4H2,1-3H3,(H,24,26)/b22-18-. The zero-order valence-corrected chi connectivity index (χ0v) is 17.2. The molecule has 0 radical (unpaired) electrons. The van der Waals surface area contributed by atoms with Crippen LogP contribution in [0.5, 0.6) is 5.75 Å². The Balaban J connectivity index is 1.99. The van der Waals surface area contributed by atoms with Gasteiger partial charge in [-0.15, -0.1) is 0 Å². The third kappa shape index (κ3) is 4.28. The molecule has 1 atom stereocenters. The Hall–Kier alpha value is -3.24. The number of nitrogens with zero attached hydrogens (tertiary/aromatic N) is 2. The molecule has 0 spiro atoms. The Bertz CT molecular complexity index is 991. The van der Waals surface area contributed by atoms with Crippen molar-refractivity contribution in [3.8, 4) is 11.8 Å². The summed E-state index contributed by atoms with van der Waals surface area (Å²) in [6.07, 6.45) is 0.595. The van der Waals surface area contributed by atoms with Crippen molar-refractivity contribution in [1.82, 2.24) is 0 Å². The molecule has 1 aliphatic heterocycles. The highest BCUT2D eigenvalue weighted by atomic mass is 32.2. The predicted octanol–water partition coefficient (Wildman–Crippen LogP) is 4.24. The van der Waals surface area contributed by atoms with Gasteiger partial charge in [-0.25, -0.2) is 0 Å². The zero-order valence-electron chi connectivity index (χ0n) is 16.4. The number of amides is 2. The number of anilines is 2. The molecule has 2 aromatic carbocycles. The molecule has 148 valence electrons. The number of benzene rings is 2. The normalized spacial score (nSPS) is 17.7. The lowest BCUT2D eigenvalue weighted by Crippen LogP contribution is -2.29. The first-order chi connectivity index (χ1) is 14.0. The van der Waals surface area contributed by atoms with Gasteiger partial charge < -0.3 is 10.1 Å². The number of methoxy groups -OCH3 is 1. The molecule has 1 aliphatic rings. The molecule has 1 unspecified atom stereocenters. The number of thioether (sulfide) groups is 1. The third-order valence-corrected chi connectivity index (χ3v) is 5.95. The van der Waals surface area contributed by atoms with Gasteiger partial charge in [0.05, 0.1) is 12.4 Å². The molecule has 0 aromatic heterocycles. The minimum atomic E-state index is -0.540. The van der Waals surface area contributed by atoms with Crippen molar-refractivity contribution in [3.05, 3.63) is 64.7 Å². The van der Waals surface area contributed by atoms with Crippen molar-refractivity contribution >= 4 is 35.0 Å². The molecular formula is C22H21N3O3S. The Kier molecular flexibility index (Phi) is 6.25. The Labute approximate surface area is 174 Å². The van der Waals surface area contributed by atoms with Gasteiger partial charge in [0.25, 0.3) is 5.91 Å². The fraction of sp³-hybridized carbons (Fsp3) is 0.227. The van der Waals surface area contributed by atoms with Gasteiger partial charge in [0, 0.05) is 11.4 Å². The summed E-state index contributed by atoms with van der Waals surface area (Å²) >= 11 is 1.25. The number of hydrogen-bond acceptors (Lipinski definition) is 5. The maximum Gasteiger partial charge on any atom is 0.269 e. The van der Waals surface area contributed by atoms with Crippen LogP contribution in [-0.4, -0.2) is 24.2 Å². The van der Waals surface area contributed by atoms with Crippen LogP contribution in [-0.2, 0) is 9.59 Å². The molecule has 0 bridgehead atoms. The molecule has 2 amide bonds. The van der Waals surface area contributed by atoms with Crippen molar-refractivity contribution in [2.45, 2.75) is 25.5 Å². The summed E-state index contributed by atoms with van der Waals surface area (Å²) in [5, 5.41) is 12.5. The van der Waals surface area contributed by atoms with Gasteiger partial charge in [-0.05, 0) is 49.7 Å². The molecule has 0 saturated carbocycles. The van der Waals surface area contributed by atoms with Crippen molar-refractivity contribution in [2.24, 2.45) is 0 Å². The first kappa shape index (κ1) is 20.5. The molecule has 1 heterocycles. The lowest BCUT2D eigenvalue weighted by atomic mass is 10.2. The number of carbonyl (C=O) groups excluding carboxylic acids is 2. The molecular weight excluding hydrogens is 386 g/mol. The van der Waals surface area contributed by atoms with Gasteiger partial charge in [0.15, 0.2) is 0 Å². The fourth-order valence-electron chi connectivity index (χ4n) is 2.91. The summed E-state index contributed by atoms with van der Waals surface area (Å²) in [5.41, 5.74) is 2.16. The number of nitriles is 1. The van der Waals surface area contributed by atoms with Gasteiger partial charge in [0.1, 0.15) is 22.4 Å². The van der Waals surface area contributed by atoms with Crippen LogP contribution in [0.4, 0.5) is 11.4 Å². The number of ether oxygens (including phenoxy) is 1. The summed E-state index contributed by atoms with van der Waals surface area (Å²) in [4.78, 5) is 27.2. The highest BCUT2D eigenvalue weighted by Gasteiger charge is 2.39. The Morgan fingerprint density at radius 3 is 2.41 bits per heavy atom.